The number of carbonyl (C=O) groups excluding carboxylic acids is 1. The lowest BCUT2D eigenvalue weighted by Gasteiger charge is -2.56. The van der Waals surface area contributed by atoms with Crippen LogP contribution in [0.3, 0.4) is 0 Å². The summed E-state index contributed by atoms with van der Waals surface area (Å²) in [7, 11) is 0. The Kier molecular flexibility index (Phi) is 8.55. The zero-order valence-electron chi connectivity index (χ0n) is 24.8. The first-order valence-corrected chi connectivity index (χ1v) is 15.8. The number of phenolic OH excluding ortho intramolecular Hbond substituents is 2. The number of benzene rings is 3. The van der Waals surface area contributed by atoms with Crippen LogP contribution in [0.25, 0.3) is 0 Å². The highest BCUT2D eigenvalue weighted by Gasteiger charge is 2.51. The van der Waals surface area contributed by atoms with Crippen LogP contribution >= 0.6 is 0 Å². The zero-order valence-corrected chi connectivity index (χ0v) is 24.8. The maximum atomic E-state index is 13.3. The molecule has 2 aliphatic heterocycles. The molecule has 6 rings (SSSR count). The molecule has 3 aliphatic rings. The van der Waals surface area contributed by atoms with Gasteiger partial charge in [-0.15, -0.1) is 0 Å². The number of aromatic hydroxyl groups is 2. The van der Waals surface area contributed by atoms with Crippen molar-refractivity contribution >= 4 is 5.91 Å². The van der Waals surface area contributed by atoms with E-state index in [4.69, 9.17) is 0 Å². The molecule has 222 valence electrons. The monoisotopic (exact) mass is 567 g/mol. The van der Waals surface area contributed by atoms with Gasteiger partial charge in [-0.05, 0) is 97.5 Å². The van der Waals surface area contributed by atoms with Crippen LogP contribution in [-0.2, 0) is 29.6 Å². The second-order valence-electron chi connectivity index (χ2n) is 13.0. The van der Waals surface area contributed by atoms with Gasteiger partial charge in [0.25, 0.3) is 0 Å². The summed E-state index contributed by atoms with van der Waals surface area (Å²) in [6, 6.07) is 24.7. The van der Waals surface area contributed by atoms with E-state index in [0.29, 0.717) is 29.9 Å². The summed E-state index contributed by atoms with van der Waals surface area (Å²) < 4.78 is 0. The van der Waals surface area contributed by atoms with Crippen LogP contribution in [0, 0.1) is 5.92 Å². The molecule has 1 saturated carbocycles. The van der Waals surface area contributed by atoms with Crippen molar-refractivity contribution in [1.82, 2.24) is 15.1 Å². The first-order valence-electron chi connectivity index (χ1n) is 15.8. The number of aryl methyl sites for hydroxylation is 1. The number of hydrogen-bond donors (Lipinski definition) is 3. The van der Waals surface area contributed by atoms with Gasteiger partial charge in [-0.3, -0.25) is 14.6 Å². The Hall–Kier alpha value is -3.35. The van der Waals surface area contributed by atoms with E-state index < -0.39 is 0 Å². The number of rotatable bonds is 9. The number of fused-ring (bicyclic) bond motifs is 3. The molecule has 0 spiro atoms. The highest BCUT2D eigenvalue weighted by Crippen LogP contribution is 2.50. The minimum atomic E-state index is -0.0614. The number of nitrogens with one attached hydrogen (secondary N) is 1. The minimum absolute atomic E-state index is 0.0614. The Morgan fingerprint density at radius 1 is 0.952 bits per heavy atom. The molecule has 6 nitrogen and oxygen atoms in total. The Labute approximate surface area is 250 Å². The van der Waals surface area contributed by atoms with E-state index in [1.54, 1.807) is 12.1 Å². The first kappa shape index (κ1) is 28.8. The summed E-state index contributed by atoms with van der Waals surface area (Å²) in [6.07, 6.45) is 6.58. The number of phenols is 2. The quantitative estimate of drug-likeness (QED) is 0.323. The molecule has 0 radical (unpaired) electrons. The molecule has 42 heavy (non-hydrogen) atoms. The largest absolute Gasteiger partial charge is 0.508 e. The number of hydrogen-bond acceptors (Lipinski definition) is 5. The molecule has 3 N–H and O–H groups in total. The van der Waals surface area contributed by atoms with Gasteiger partial charge < -0.3 is 15.5 Å². The zero-order chi connectivity index (χ0) is 29.1. The van der Waals surface area contributed by atoms with Gasteiger partial charge in [0.2, 0.25) is 5.91 Å². The van der Waals surface area contributed by atoms with Crippen molar-refractivity contribution in [1.29, 1.82) is 0 Å². The second-order valence-corrected chi connectivity index (χ2v) is 13.0. The number of likely N-dealkylation sites (tertiary alicyclic amines) is 1. The average Bonchev–Trinajstić information content (AvgIpc) is 2.99. The highest BCUT2D eigenvalue weighted by molar-refractivity contribution is 5.76. The van der Waals surface area contributed by atoms with Crippen LogP contribution in [0.2, 0.25) is 0 Å². The van der Waals surface area contributed by atoms with Gasteiger partial charge in [-0.25, -0.2) is 0 Å². The summed E-state index contributed by atoms with van der Waals surface area (Å²) in [5.74, 6) is 1.16. The van der Waals surface area contributed by atoms with Crippen LogP contribution in [0.1, 0.15) is 61.3 Å². The fourth-order valence-corrected chi connectivity index (χ4v) is 8.00. The van der Waals surface area contributed by atoms with Crippen LogP contribution < -0.4 is 5.32 Å². The molecular formula is C36H45N3O3. The molecule has 3 aromatic rings. The third-order valence-electron chi connectivity index (χ3n) is 10.2. The molecule has 1 aliphatic carbocycles. The van der Waals surface area contributed by atoms with Crippen molar-refractivity contribution in [3.8, 4) is 11.5 Å². The minimum Gasteiger partial charge on any atom is -0.508 e. The lowest BCUT2D eigenvalue weighted by atomic mass is 9.57. The van der Waals surface area contributed by atoms with Crippen LogP contribution in [0.5, 0.6) is 11.5 Å². The van der Waals surface area contributed by atoms with Gasteiger partial charge >= 0.3 is 0 Å². The number of nitrogens with zero attached hydrogens (tertiary/aromatic N) is 2. The fourth-order valence-electron chi connectivity index (χ4n) is 8.00. The Morgan fingerprint density at radius 2 is 1.79 bits per heavy atom. The molecule has 6 heteroatoms. The van der Waals surface area contributed by atoms with E-state index >= 15 is 0 Å². The molecule has 3 aromatic carbocycles. The van der Waals surface area contributed by atoms with E-state index in [2.05, 4.69) is 58.4 Å². The fraction of sp³-hybridized carbons (Fsp3) is 0.472. The summed E-state index contributed by atoms with van der Waals surface area (Å²) in [6.45, 7) is 6.90. The van der Waals surface area contributed by atoms with Gasteiger partial charge in [-0.1, -0.05) is 55.5 Å². The lowest BCUT2D eigenvalue weighted by Crippen LogP contribution is -2.61. The van der Waals surface area contributed by atoms with Crippen molar-refractivity contribution in [3.63, 3.8) is 0 Å². The van der Waals surface area contributed by atoms with Crippen molar-refractivity contribution in [2.24, 2.45) is 5.92 Å². The first-order chi connectivity index (χ1) is 20.4. The Balaban J connectivity index is 1.11. The molecule has 2 fully saturated rings. The van der Waals surface area contributed by atoms with E-state index in [9.17, 15) is 15.0 Å². The van der Waals surface area contributed by atoms with Gasteiger partial charge in [0, 0.05) is 50.1 Å². The number of piperidine rings is 1. The van der Waals surface area contributed by atoms with E-state index in [1.165, 1.54) is 16.7 Å². The second kappa shape index (κ2) is 12.5. The van der Waals surface area contributed by atoms with Crippen LogP contribution in [-0.4, -0.2) is 64.2 Å². The normalized spacial score (nSPS) is 26.0. The van der Waals surface area contributed by atoms with E-state index in [-0.39, 0.29) is 17.4 Å². The molecule has 4 atom stereocenters. The summed E-state index contributed by atoms with van der Waals surface area (Å²) >= 11 is 0. The Bertz CT molecular complexity index is 1380. The van der Waals surface area contributed by atoms with Crippen molar-refractivity contribution in [3.05, 3.63) is 95.1 Å². The molecule has 3 unspecified atom stereocenters. The van der Waals surface area contributed by atoms with Gasteiger partial charge in [0.05, 0.1) is 0 Å². The van der Waals surface area contributed by atoms with Crippen molar-refractivity contribution in [2.45, 2.75) is 75.9 Å². The predicted octanol–water partition coefficient (Wildman–Crippen LogP) is 5.41. The Morgan fingerprint density at radius 3 is 2.62 bits per heavy atom. The molecule has 1 amide bonds. The molecule has 2 heterocycles. The third-order valence-corrected chi connectivity index (χ3v) is 10.2. The third kappa shape index (κ3) is 6.35. The molecule has 1 saturated heterocycles. The maximum absolute atomic E-state index is 13.3. The maximum Gasteiger partial charge on any atom is 0.221 e. The van der Waals surface area contributed by atoms with E-state index in [1.807, 2.05) is 24.3 Å². The summed E-state index contributed by atoms with van der Waals surface area (Å²) in [5, 5.41) is 23.7. The highest BCUT2D eigenvalue weighted by atomic mass is 16.3. The van der Waals surface area contributed by atoms with E-state index in [0.717, 1.165) is 76.8 Å². The average molecular weight is 568 g/mol. The standard InChI is InChI=1S/C36H45N3O3/c1-26-24-39(16-6-9-27-7-3-2-4-8-27)32-21-31(22-36(26,23-32)30-10-5-11-33(40)20-30)37-35(42)15-18-38-17-14-28-12-13-34(41)19-29(28)25-38/h2-5,7-8,10-13,19-20,26,31-32,40-41H,6,9,14-18,21-25H2,1H3,(H,37,42)/t26?,31-,32?,36?/m0/s1. The topological polar surface area (TPSA) is 76.0 Å². The molecular weight excluding hydrogens is 522 g/mol. The van der Waals surface area contributed by atoms with Gasteiger partial charge in [-0.2, -0.15) is 0 Å². The summed E-state index contributed by atoms with van der Waals surface area (Å²) in [4.78, 5) is 18.3. The SMILES string of the molecule is CC1CN(CCCc2ccccc2)C2C[C@H](NC(=O)CCN3CCc4ccc(O)cc4C3)CC1(c1cccc(O)c1)C2. The summed E-state index contributed by atoms with van der Waals surface area (Å²) in [5.41, 5.74) is 4.99. The number of carbonyl (C=O) groups is 1. The van der Waals surface area contributed by atoms with Crippen molar-refractivity contribution < 1.29 is 15.0 Å². The van der Waals surface area contributed by atoms with Gasteiger partial charge in [0.1, 0.15) is 11.5 Å². The van der Waals surface area contributed by atoms with Crippen LogP contribution in [0.15, 0.2) is 72.8 Å². The van der Waals surface area contributed by atoms with Crippen molar-refractivity contribution in [2.75, 3.05) is 26.2 Å². The lowest BCUT2D eigenvalue weighted by molar-refractivity contribution is -0.123. The van der Waals surface area contributed by atoms with Crippen LogP contribution in [0.4, 0.5) is 0 Å². The molecule has 2 bridgehead atoms. The molecule has 0 aromatic heterocycles. The van der Waals surface area contributed by atoms with Gasteiger partial charge in [0.15, 0.2) is 0 Å². The predicted molar refractivity (Wildman–Crippen MR) is 167 cm³/mol. The smallest absolute Gasteiger partial charge is 0.221 e. The number of amides is 1.